The van der Waals surface area contributed by atoms with E-state index in [4.69, 9.17) is 5.11 Å². The summed E-state index contributed by atoms with van der Waals surface area (Å²) in [5, 5.41) is 13.8. The highest BCUT2D eigenvalue weighted by Gasteiger charge is 2.11. The zero-order valence-electron chi connectivity index (χ0n) is 12.1. The fourth-order valence-corrected chi connectivity index (χ4v) is 2.81. The molecule has 0 unspecified atom stereocenters. The summed E-state index contributed by atoms with van der Waals surface area (Å²) >= 11 is 1.41. The Labute approximate surface area is 125 Å². The van der Waals surface area contributed by atoms with Gasteiger partial charge >= 0.3 is 5.97 Å². The van der Waals surface area contributed by atoms with Crippen molar-refractivity contribution in [1.29, 1.82) is 0 Å². The van der Waals surface area contributed by atoms with Gasteiger partial charge in [-0.2, -0.15) is 9.61 Å². The molecule has 2 rings (SSSR count). The smallest absolute Gasteiger partial charge is 0.304 e. The molecule has 1 N–H and O–H groups in total. The molecule has 0 atom stereocenters. The maximum atomic E-state index is 12.0. The van der Waals surface area contributed by atoms with E-state index in [1.54, 1.807) is 0 Å². The van der Waals surface area contributed by atoms with Gasteiger partial charge in [0, 0.05) is 19.2 Å². The van der Waals surface area contributed by atoms with Crippen LogP contribution in [0.2, 0.25) is 0 Å². The number of carboxylic acid groups (broad SMARTS) is 1. The molecule has 2 aromatic rings. The third-order valence-electron chi connectivity index (χ3n) is 3.12. The lowest BCUT2D eigenvalue weighted by Gasteiger charge is -2.18. The van der Waals surface area contributed by atoms with Crippen molar-refractivity contribution in [2.45, 2.75) is 33.2 Å². The number of nitrogens with zero attached hydrogens (tertiary/aromatic N) is 4. The summed E-state index contributed by atoms with van der Waals surface area (Å²) in [5.41, 5.74) is 0.457. The molecular weight excluding hydrogens is 292 g/mol. The molecule has 7 nitrogen and oxygen atoms in total. The van der Waals surface area contributed by atoms with Crippen molar-refractivity contribution in [3.8, 4) is 0 Å². The number of hydrogen-bond acceptors (Lipinski definition) is 6. The van der Waals surface area contributed by atoms with Crippen molar-refractivity contribution >= 4 is 22.3 Å². The number of aryl methyl sites for hydroxylation is 1. The molecule has 114 valence electrons. The van der Waals surface area contributed by atoms with E-state index < -0.39 is 5.97 Å². The predicted octanol–water partition coefficient (Wildman–Crippen LogP) is 1.01. The van der Waals surface area contributed by atoms with Crippen LogP contribution in [0.1, 0.15) is 31.0 Å². The number of aromatic nitrogens is 3. The third kappa shape index (κ3) is 3.85. The van der Waals surface area contributed by atoms with Crippen LogP contribution < -0.4 is 5.56 Å². The second-order valence-electron chi connectivity index (χ2n) is 4.64. The molecule has 8 heteroatoms. The number of rotatable bonds is 7. The minimum absolute atomic E-state index is 0.0790. The molecule has 0 saturated carbocycles. The van der Waals surface area contributed by atoms with E-state index in [9.17, 15) is 9.59 Å². The van der Waals surface area contributed by atoms with Crippen LogP contribution >= 0.6 is 11.3 Å². The fourth-order valence-electron chi connectivity index (χ4n) is 1.95. The first-order valence-corrected chi connectivity index (χ1v) is 7.68. The molecule has 0 saturated heterocycles. The van der Waals surface area contributed by atoms with Crippen molar-refractivity contribution in [3.63, 3.8) is 0 Å². The molecule has 0 radical (unpaired) electrons. The summed E-state index contributed by atoms with van der Waals surface area (Å²) < 4.78 is 1.32. The van der Waals surface area contributed by atoms with Gasteiger partial charge in [-0.15, -0.1) is 0 Å². The van der Waals surface area contributed by atoms with Crippen molar-refractivity contribution in [3.05, 3.63) is 27.1 Å². The Hall–Kier alpha value is -1.80. The maximum Gasteiger partial charge on any atom is 0.304 e. The molecule has 0 aromatic carbocycles. The van der Waals surface area contributed by atoms with Gasteiger partial charge in [0.15, 0.2) is 0 Å². The zero-order chi connectivity index (χ0) is 15.4. The van der Waals surface area contributed by atoms with E-state index in [-0.39, 0.29) is 12.0 Å². The van der Waals surface area contributed by atoms with Crippen LogP contribution in [0.15, 0.2) is 10.9 Å². The van der Waals surface area contributed by atoms with Crippen LogP contribution in [0.4, 0.5) is 0 Å². The first kappa shape index (κ1) is 15.6. The lowest BCUT2D eigenvalue weighted by molar-refractivity contribution is -0.137. The first-order chi connectivity index (χ1) is 10.0. The average molecular weight is 310 g/mol. The number of carboxylic acids is 1. The molecule has 0 aliphatic rings. The van der Waals surface area contributed by atoms with Crippen molar-refractivity contribution in [1.82, 2.24) is 19.5 Å². The van der Waals surface area contributed by atoms with Gasteiger partial charge in [0.2, 0.25) is 4.96 Å². The Morgan fingerprint density at radius 3 is 2.86 bits per heavy atom. The second-order valence-corrected chi connectivity index (χ2v) is 5.68. The van der Waals surface area contributed by atoms with E-state index in [0.29, 0.717) is 30.3 Å². The van der Waals surface area contributed by atoms with Crippen LogP contribution in [0.25, 0.3) is 4.96 Å². The molecular formula is C13H18N4O3S. The van der Waals surface area contributed by atoms with Crippen LogP contribution in [0.5, 0.6) is 0 Å². The highest BCUT2D eigenvalue weighted by Crippen LogP contribution is 2.12. The van der Waals surface area contributed by atoms with Crippen molar-refractivity contribution in [2.24, 2.45) is 0 Å². The SMILES string of the molecule is CCc1nn2c(=O)cc(CN(CC)CCC(=O)O)nc2s1. The van der Waals surface area contributed by atoms with Crippen LogP contribution in [-0.4, -0.2) is 43.7 Å². The second kappa shape index (κ2) is 6.77. The number of aliphatic carboxylic acids is 1. The molecule has 0 aliphatic heterocycles. The standard InChI is InChI=1S/C13H18N4O3S/c1-3-10-15-17-11(18)7-9(14-13(17)21-10)8-16(4-2)6-5-12(19)20/h7H,3-6,8H2,1-2H3,(H,19,20). The van der Waals surface area contributed by atoms with E-state index in [1.165, 1.54) is 21.9 Å². The summed E-state index contributed by atoms with van der Waals surface area (Å²) in [6.45, 7) is 5.55. The summed E-state index contributed by atoms with van der Waals surface area (Å²) in [6, 6.07) is 1.47. The molecule has 2 aromatic heterocycles. The Balaban J connectivity index is 2.21. The van der Waals surface area contributed by atoms with Gasteiger partial charge < -0.3 is 5.11 Å². The van der Waals surface area contributed by atoms with E-state index in [2.05, 4.69) is 10.1 Å². The fraction of sp³-hybridized carbons (Fsp3) is 0.538. The van der Waals surface area contributed by atoms with Crippen molar-refractivity contribution < 1.29 is 9.90 Å². The lowest BCUT2D eigenvalue weighted by Crippen LogP contribution is -2.27. The Morgan fingerprint density at radius 1 is 1.48 bits per heavy atom. The minimum Gasteiger partial charge on any atom is -0.481 e. The number of carbonyl (C=O) groups is 1. The molecule has 21 heavy (non-hydrogen) atoms. The lowest BCUT2D eigenvalue weighted by atomic mass is 10.3. The van der Waals surface area contributed by atoms with E-state index in [0.717, 1.165) is 11.4 Å². The summed E-state index contributed by atoms with van der Waals surface area (Å²) in [7, 11) is 0. The van der Waals surface area contributed by atoms with Crippen LogP contribution in [0, 0.1) is 0 Å². The Bertz CT molecular complexity index is 694. The van der Waals surface area contributed by atoms with Gasteiger partial charge in [-0.25, -0.2) is 4.98 Å². The van der Waals surface area contributed by atoms with Gasteiger partial charge in [-0.05, 0) is 13.0 Å². The summed E-state index contributed by atoms with van der Waals surface area (Å²) in [5.74, 6) is -0.827. The van der Waals surface area contributed by atoms with E-state index >= 15 is 0 Å². The van der Waals surface area contributed by atoms with Crippen molar-refractivity contribution in [2.75, 3.05) is 13.1 Å². The van der Waals surface area contributed by atoms with Gasteiger partial charge in [0.1, 0.15) is 5.01 Å². The summed E-state index contributed by atoms with van der Waals surface area (Å²) in [6.07, 6.45) is 0.845. The quantitative estimate of drug-likeness (QED) is 0.821. The molecule has 2 heterocycles. The average Bonchev–Trinajstić information content (AvgIpc) is 2.87. The minimum atomic E-state index is -0.827. The van der Waals surface area contributed by atoms with Gasteiger partial charge in [0.25, 0.3) is 5.56 Å². The highest BCUT2D eigenvalue weighted by atomic mass is 32.1. The number of fused-ring (bicyclic) bond motifs is 1. The number of hydrogen-bond donors (Lipinski definition) is 1. The third-order valence-corrected chi connectivity index (χ3v) is 4.17. The molecule has 0 fully saturated rings. The highest BCUT2D eigenvalue weighted by molar-refractivity contribution is 7.16. The molecule has 0 amide bonds. The van der Waals surface area contributed by atoms with Gasteiger partial charge in [-0.3, -0.25) is 14.5 Å². The zero-order valence-corrected chi connectivity index (χ0v) is 12.9. The predicted molar refractivity (Wildman–Crippen MR) is 79.7 cm³/mol. The van der Waals surface area contributed by atoms with E-state index in [1.807, 2.05) is 18.7 Å². The summed E-state index contributed by atoms with van der Waals surface area (Å²) in [4.78, 5) is 29.6. The Morgan fingerprint density at radius 2 is 2.24 bits per heavy atom. The first-order valence-electron chi connectivity index (χ1n) is 6.86. The topological polar surface area (TPSA) is 87.8 Å². The van der Waals surface area contributed by atoms with Crippen LogP contribution in [-0.2, 0) is 17.8 Å². The molecule has 0 bridgehead atoms. The Kier molecular flexibility index (Phi) is 5.03. The normalized spacial score (nSPS) is 11.4. The van der Waals surface area contributed by atoms with Gasteiger partial charge in [-0.1, -0.05) is 25.2 Å². The monoisotopic (exact) mass is 310 g/mol. The van der Waals surface area contributed by atoms with Crippen LogP contribution in [0.3, 0.4) is 0 Å². The largest absolute Gasteiger partial charge is 0.481 e. The maximum absolute atomic E-state index is 12.0. The molecule has 0 spiro atoms. The van der Waals surface area contributed by atoms with Gasteiger partial charge in [0.05, 0.1) is 12.1 Å². The molecule has 0 aliphatic carbocycles.